The van der Waals surface area contributed by atoms with Gasteiger partial charge in [0.05, 0.1) is 0 Å². The molecule has 6 heteroatoms. The molecule has 0 fully saturated rings. The summed E-state index contributed by atoms with van der Waals surface area (Å²) in [6.45, 7) is 0. The molecular weight excluding hydrogens is 209 g/mol. The molecule has 0 aliphatic rings. The third-order valence-electron chi connectivity index (χ3n) is 1.30. The molecule has 2 aromatic rings. The molecule has 0 spiro atoms. The van der Waals surface area contributed by atoms with Crippen LogP contribution in [0.3, 0.4) is 0 Å². The average molecular weight is 213 g/mol. The van der Waals surface area contributed by atoms with Crippen LogP contribution in [0.5, 0.6) is 0 Å². The van der Waals surface area contributed by atoms with Crippen molar-refractivity contribution < 1.29 is 0 Å². The van der Waals surface area contributed by atoms with Crippen LogP contribution < -0.4 is 10.5 Å². The molecule has 0 saturated carbocycles. The van der Waals surface area contributed by atoms with Crippen molar-refractivity contribution in [3.63, 3.8) is 0 Å². The number of H-pyrrole nitrogens is 1. The number of aromatic amines is 1. The van der Waals surface area contributed by atoms with Crippen LogP contribution in [0.15, 0.2) is 6.33 Å². The number of hydrogen-bond donors (Lipinski definition) is 2. The Morgan fingerprint density at radius 3 is 3.00 bits per heavy atom. The van der Waals surface area contributed by atoms with Gasteiger partial charge in [-0.3, -0.25) is 0 Å². The molecule has 0 amide bonds. The molecular formula is C5H4N5Se. The Kier molecular flexibility index (Phi) is 1.30. The number of aromatic nitrogens is 4. The number of hydrogen-bond acceptors (Lipinski definition) is 4. The van der Waals surface area contributed by atoms with E-state index in [1.807, 2.05) is 0 Å². The van der Waals surface area contributed by atoms with E-state index in [1.165, 1.54) is 6.33 Å². The van der Waals surface area contributed by atoms with Gasteiger partial charge in [0.25, 0.3) is 0 Å². The summed E-state index contributed by atoms with van der Waals surface area (Å²) in [7, 11) is 0. The van der Waals surface area contributed by atoms with Crippen molar-refractivity contribution in [3.8, 4) is 0 Å². The van der Waals surface area contributed by atoms with E-state index in [9.17, 15) is 0 Å². The maximum atomic E-state index is 5.53. The fourth-order valence-corrected chi connectivity index (χ4v) is 1.22. The molecule has 5 nitrogen and oxygen atoms in total. The SMILES string of the molecule is Nc1ncnc2nc([Se])[nH]c12. The van der Waals surface area contributed by atoms with E-state index in [1.54, 1.807) is 0 Å². The number of nitrogens with two attached hydrogens (primary N) is 1. The third-order valence-corrected chi connectivity index (χ3v) is 1.70. The van der Waals surface area contributed by atoms with Crippen molar-refractivity contribution in [2.24, 2.45) is 0 Å². The topological polar surface area (TPSA) is 80.5 Å². The van der Waals surface area contributed by atoms with Crippen LogP contribution in [0.4, 0.5) is 5.82 Å². The number of fused-ring (bicyclic) bond motifs is 1. The molecule has 2 rings (SSSR count). The number of nitrogens with zero attached hydrogens (tertiary/aromatic N) is 3. The molecule has 3 N–H and O–H groups in total. The summed E-state index contributed by atoms with van der Waals surface area (Å²) >= 11 is 2.73. The first-order chi connectivity index (χ1) is 5.27. The molecule has 0 aromatic carbocycles. The van der Waals surface area contributed by atoms with E-state index in [4.69, 9.17) is 5.73 Å². The zero-order valence-corrected chi connectivity index (χ0v) is 7.12. The zero-order valence-electron chi connectivity index (χ0n) is 5.40. The summed E-state index contributed by atoms with van der Waals surface area (Å²) in [5, 5.41) is 0. The third kappa shape index (κ3) is 0.961. The van der Waals surface area contributed by atoms with Gasteiger partial charge in [-0.25, -0.2) is 0 Å². The second kappa shape index (κ2) is 2.18. The molecule has 1 radical (unpaired) electrons. The maximum absolute atomic E-state index is 5.53. The fourth-order valence-electron chi connectivity index (χ4n) is 0.825. The van der Waals surface area contributed by atoms with E-state index < -0.39 is 0 Å². The first-order valence-corrected chi connectivity index (χ1v) is 3.76. The van der Waals surface area contributed by atoms with E-state index in [2.05, 4.69) is 35.9 Å². The van der Waals surface area contributed by atoms with Gasteiger partial charge in [0, 0.05) is 0 Å². The summed E-state index contributed by atoms with van der Waals surface area (Å²) < 4.78 is 0.673. The number of anilines is 1. The van der Waals surface area contributed by atoms with Gasteiger partial charge in [-0.05, 0) is 0 Å². The molecule has 0 saturated heterocycles. The number of nitrogen functional groups attached to an aromatic ring is 1. The van der Waals surface area contributed by atoms with Crippen LogP contribution in [0.25, 0.3) is 11.2 Å². The molecule has 2 heterocycles. The normalized spacial score (nSPS) is 10.5. The van der Waals surface area contributed by atoms with Crippen molar-refractivity contribution in [2.45, 2.75) is 0 Å². The summed E-state index contributed by atoms with van der Waals surface area (Å²) in [6.07, 6.45) is 1.39. The van der Waals surface area contributed by atoms with Crippen LogP contribution in [0, 0.1) is 0 Å². The first-order valence-electron chi connectivity index (χ1n) is 2.90. The Labute approximate surface area is 70.3 Å². The molecule has 0 aliphatic heterocycles. The molecule has 2 aromatic heterocycles. The van der Waals surface area contributed by atoms with Gasteiger partial charge in [-0.1, -0.05) is 0 Å². The van der Waals surface area contributed by atoms with Crippen LogP contribution in [-0.2, 0) is 0 Å². The van der Waals surface area contributed by atoms with Crippen molar-refractivity contribution in [1.29, 1.82) is 0 Å². The van der Waals surface area contributed by atoms with Gasteiger partial charge in [0.2, 0.25) is 0 Å². The summed E-state index contributed by atoms with van der Waals surface area (Å²) in [6, 6.07) is 0. The van der Waals surface area contributed by atoms with Crippen LogP contribution >= 0.6 is 0 Å². The Balaban J connectivity index is 2.90. The minimum atomic E-state index is 0.420. The molecule has 0 aliphatic carbocycles. The van der Waals surface area contributed by atoms with E-state index in [0.29, 0.717) is 21.7 Å². The Morgan fingerprint density at radius 2 is 2.27 bits per heavy atom. The summed E-state index contributed by atoms with van der Waals surface area (Å²) in [5.74, 6) is 0.420. The van der Waals surface area contributed by atoms with Gasteiger partial charge in [-0.15, -0.1) is 0 Å². The second-order valence-electron chi connectivity index (χ2n) is 2.00. The van der Waals surface area contributed by atoms with Crippen molar-refractivity contribution in [1.82, 2.24) is 19.9 Å². The Bertz CT molecular complexity index is 395. The Morgan fingerprint density at radius 1 is 1.45 bits per heavy atom. The number of rotatable bonds is 0. The Hall–Kier alpha value is -1.13. The van der Waals surface area contributed by atoms with Crippen LogP contribution in [0.2, 0.25) is 0 Å². The predicted molar refractivity (Wildman–Crippen MR) is 41.5 cm³/mol. The molecule has 0 atom stereocenters. The number of imidazole rings is 1. The van der Waals surface area contributed by atoms with Crippen molar-refractivity contribution >= 4 is 37.7 Å². The number of nitrogens with one attached hydrogen (secondary N) is 1. The summed E-state index contributed by atoms with van der Waals surface area (Å²) in [4.78, 5) is 14.7. The molecule has 55 valence electrons. The fraction of sp³-hybridized carbons (Fsp3) is 0. The first kappa shape index (κ1) is 6.57. The molecule has 11 heavy (non-hydrogen) atoms. The quantitative estimate of drug-likeness (QED) is 0.534. The zero-order chi connectivity index (χ0) is 7.84. The van der Waals surface area contributed by atoms with E-state index in [0.717, 1.165) is 0 Å². The van der Waals surface area contributed by atoms with E-state index in [-0.39, 0.29) is 0 Å². The van der Waals surface area contributed by atoms with Gasteiger partial charge >= 0.3 is 69.7 Å². The van der Waals surface area contributed by atoms with Gasteiger partial charge in [-0.2, -0.15) is 0 Å². The predicted octanol–water partition coefficient (Wildman–Crippen LogP) is -1.27. The minimum absolute atomic E-state index is 0.420. The van der Waals surface area contributed by atoms with Crippen molar-refractivity contribution in [3.05, 3.63) is 6.33 Å². The van der Waals surface area contributed by atoms with Crippen molar-refractivity contribution in [2.75, 3.05) is 5.73 Å². The van der Waals surface area contributed by atoms with Gasteiger partial charge in [0.15, 0.2) is 0 Å². The summed E-state index contributed by atoms with van der Waals surface area (Å²) in [5.41, 5.74) is 6.80. The van der Waals surface area contributed by atoms with Crippen LogP contribution in [0.1, 0.15) is 0 Å². The van der Waals surface area contributed by atoms with Gasteiger partial charge in [0.1, 0.15) is 0 Å². The molecule has 0 bridgehead atoms. The molecule has 0 unspecified atom stereocenters. The second-order valence-corrected chi connectivity index (χ2v) is 2.81. The van der Waals surface area contributed by atoms with E-state index >= 15 is 0 Å². The average Bonchev–Trinajstić information content (AvgIpc) is 2.31. The monoisotopic (exact) mass is 214 g/mol. The standard InChI is InChI=1S/C5H4N5Se/c6-3-2-4(8-1-7-3)10-5(11)9-2/h1H,(H3,6,7,8,9,10). The van der Waals surface area contributed by atoms with Crippen LogP contribution in [-0.4, -0.2) is 35.9 Å². The van der Waals surface area contributed by atoms with Gasteiger partial charge < -0.3 is 0 Å².